The Labute approximate surface area is 125 Å². The molecule has 1 aromatic rings. The van der Waals surface area contributed by atoms with Crippen LogP contribution < -0.4 is 5.32 Å². The molecule has 108 valence electrons. The van der Waals surface area contributed by atoms with Crippen LogP contribution in [0.2, 0.25) is 0 Å². The Balaban J connectivity index is 2.31. The number of thiophene rings is 1. The Bertz CT molecular complexity index is 552. The number of carbonyl (C=O) groups is 1. The lowest BCUT2D eigenvalue weighted by Gasteiger charge is -2.12. The lowest BCUT2D eigenvalue weighted by Crippen LogP contribution is -2.21. The molecule has 2 atom stereocenters. The number of rotatable bonds is 4. The molecule has 0 fully saturated rings. The largest absolute Gasteiger partial charge is 0.316 e. The van der Waals surface area contributed by atoms with Crippen molar-refractivity contribution in [3.63, 3.8) is 0 Å². The first-order chi connectivity index (χ1) is 9.53. The van der Waals surface area contributed by atoms with Gasteiger partial charge in [-0.1, -0.05) is 27.7 Å². The van der Waals surface area contributed by atoms with E-state index in [9.17, 15) is 10.1 Å². The zero-order valence-corrected chi connectivity index (χ0v) is 13.4. The fourth-order valence-corrected chi connectivity index (χ4v) is 4.48. The minimum absolute atomic E-state index is 0.0355. The van der Waals surface area contributed by atoms with Crippen LogP contribution in [-0.2, 0) is 4.79 Å². The predicted molar refractivity (Wildman–Crippen MR) is 83.2 cm³/mol. The lowest BCUT2D eigenvalue weighted by atomic mass is 10.0. The molecule has 3 nitrogen and oxygen atoms in total. The molecule has 2 unspecified atom stereocenters. The second kappa shape index (κ2) is 5.97. The highest BCUT2D eigenvalue weighted by molar-refractivity contribution is 7.16. The fourth-order valence-electron chi connectivity index (χ4n) is 3.14. The molecule has 0 saturated carbocycles. The normalized spacial score (nSPS) is 20.8. The smallest absolute Gasteiger partial charge is 0.228 e. The zero-order valence-electron chi connectivity index (χ0n) is 12.6. The summed E-state index contributed by atoms with van der Waals surface area (Å²) < 4.78 is 0. The number of nitrogens with zero attached hydrogens (tertiary/aromatic N) is 1. The summed E-state index contributed by atoms with van der Waals surface area (Å²) in [6.07, 6.45) is 2.78. The molecule has 1 amide bonds. The van der Waals surface area contributed by atoms with Gasteiger partial charge in [0.25, 0.3) is 0 Å². The van der Waals surface area contributed by atoms with Crippen LogP contribution in [0.4, 0.5) is 5.00 Å². The predicted octanol–water partition coefficient (Wildman–Crippen LogP) is 4.61. The molecule has 0 aliphatic heterocycles. The van der Waals surface area contributed by atoms with Gasteiger partial charge in [0, 0.05) is 10.8 Å². The topological polar surface area (TPSA) is 52.9 Å². The van der Waals surface area contributed by atoms with Crippen molar-refractivity contribution in [1.29, 1.82) is 5.26 Å². The van der Waals surface area contributed by atoms with Crippen LogP contribution in [0.1, 0.15) is 74.8 Å². The average molecular weight is 290 g/mol. The van der Waals surface area contributed by atoms with Gasteiger partial charge in [-0.3, -0.25) is 4.79 Å². The molecule has 0 saturated heterocycles. The van der Waals surface area contributed by atoms with Gasteiger partial charge in [-0.15, -0.1) is 11.3 Å². The Hall–Kier alpha value is -1.34. The Kier molecular flexibility index (Phi) is 4.49. The first kappa shape index (κ1) is 15.1. The van der Waals surface area contributed by atoms with E-state index in [0.29, 0.717) is 17.4 Å². The number of anilines is 1. The molecule has 1 N–H and O–H groups in total. The molecular formula is C16H22N2OS. The third kappa shape index (κ3) is 2.47. The number of hydrogen-bond acceptors (Lipinski definition) is 3. The van der Waals surface area contributed by atoms with Crippen molar-refractivity contribution in [2.45, 2.75) is 58.8 Å². The van der Waals surface area contributed by atoms with Gasteiger partial charge in [0.15, 0.2) is 0 Å². The number of fused-ring (bicyclic) bond motifs is 1. The third-order valence-electron chi connectivity index (χ3n) is 4.33. The molecule has 4 heteroatoms. The van der Waals surface area contributed by atoms with Crippen molar-refractivity contribution in [2.24, 2.45) is 5.92 Å². The van der Waals surface area contributed by atoms with Gasteiger partial charge in [0.05, 0.1) is 5.56 Å². The Morgan fingerprint density at radius 3 is 2.60 bits per heavy atom. The molecule has 0 spiro atoms. The van der Waals surface area contributed by atoms with Crippen LogP contribution in [0.3, 0.4) is 0 Å². The number of nitrogens with one attached hydrogen (secondary N) is 1. The summed E-state index contributed by atoms with van der Waals surface area (Å²) in [6, 6.07) is 2.30. The van der Waals surface area contributed by atoms with Gasteiger partial charge in [-0.05, 0) is 36.7 Å². The minimum Gasteiger partial charge on any atom is -0.316 e. The quantitative estimate of drug-likeness (QED) is 0.880. The van der Waals surface area contributed by atoms with Crippen molar-refractivity contribution < 1.29 is 4.79 Å². The van der Waals surface area contributed by atoms with E-state index in [1.165, 1.54) is 10.4 Å². The third-order valence-corrected chi connectivity index (χ3v) is 5.68. The maximum absolute atomic E-state index is 12.2. The van der Waals surface area contributed by atoms with Gasteiger partial charge in [0.2, 0.25) is 5.91 Å². The van der Waals surface area contributed by atoms with Gasteiger partial charge in [-0.25, -0.2) is 0 Å². The first-order valence-electron chi connectivity index (χ1n) is 7.40. The van der Waals surface area contributed by atoms with E-state index in [0.717, 1.165) is 24.3 Å². The number of carbonyl (C=O) groups excluding carboxylic acids is 1. The molecule has 1 aliphatic rings. The van der Waals surface area contributed by atoms with E-state index in [2.05, 4.69) is 25.2 Å². The van der Waals surface area contributed by atoms with Crippen molar-refractivity contribution in [3.05, 3.63) is 16.0 Å². The maximum atomic E-state index is 12.2. The minimum atomic E-state index is 0.0355. The van der Waals surface area contributed by atoms with Gasteiger partial charge in [-0.2, -0.15) is 5.26 Å². The summed E-state index contributed by atoms with van der Waals surface area (Å²) in [4.78, 5) is 13.5. The summed E-state index contributed by atoms with van der Waals surface area (Å²) in [5.74, 6) is 1.00. The summed E-state index contributed by atoms with van der Waals surface area (Å²) in [5, 5.41) is 13.2. The number of amides is 1. The van der Waals surface area contributed by atoms with E-state index in [1.807, 2.05) is 13.8 Å². The molecular weight excluding hydrogens is 268 g/mol. The van der Waals surface area contributed by atoms with Crippen LogP contribution in [-0.4, -0.2) is 5.91 Å². The Morgan fingerprint density at radius 2 is 2.05 bits per heavy atom. The van der Waals surface area contributed by atoms with Crippen molar-refractivity contribution >= 4 is 22.2 Å². The summed E-state index contributed by atoms with van der Waals surface area (Å²) in [7, 11) is 0. The molecule has 1 aromatic heterocycles. The number of hydrogen-bond donors (Lipinski definition) is 1. The van der Waals surface area contributed by atoms with Crippen LogP contribution in [0.25, 0.3) is 0 Å². The van der Waals surface area contributed by atoms with Gasteiger partial charge >= 0.3 is 0 Å². The maximum Gasteiger partial charge on any atom is 0.228 e. The van der Waals surface area contributed by atoms with Crippen LogP contribution in [0, 0.1) is 17.2 Å². The SMILES string of the molecule is CCC(CC)C(=O)Nc1sc2c(c1C#N)C(C)CC2C. The molecule has 1 heterocycles. The second-order valence-electron chi connectivity index (χ2n) is 5.74. The summed E-state index contributed by atoms with van der Waals surface area (Å²) in [5.41, 5.74) is 1.87. The molecule has 20 heavy (non-hydrogen) atoms. The number of nitriles is 1. The summed E-state index contributed by atoms with van der Waals surface area (Å²) >= 11 is 1.60. The van der Waals surface area contributed by atoms with E-state index in [4.69, 9.17) is 0 Å². The highest BCUT2D eigenvalue weighted by Gasteiger charge is 2.33. The molecule has 0 radical (unpaired) electrons. The van der Waals surface area contributed by atoms with Crippen molar-refractivity contribution in [2.75, 3.05) is 5.32 Å². The molecule has 2 rings (SSSR count). The first-order valence-corrected chi connectivity index (χ1v) is 8.22. The monoisotopic (exact) mass is 290 g/mol. The van der Waals surface area contributed by atoms with Crippen molar-refractivity contribution in [1.82, 2.24) is 0 Å². The summed E-state index contributed by atoms with van der Waals surface area (Å²) in [6.45, 7) is 8.42. The van der Waals surface area contributed by atoms with E-state index in [-0.39, 0.29) is 11.8 Å². The second-order valence-corrected chi connectivity index (χ2v) is 6.79. The molecule has 0 aromatic carbocycles. The highest BCUT2D eigenvalue weighted by Crippen LogP contribution is 2.50. The van der Waals surface area contributed by atoms with E-state index < -0.39 is 0 Å². The standard InChI is InChI=1S/C16H22N2OS/c1-5-11(6-2)15(19)18-16-12(8-17)13-9(3)7-10(4)14(13)20-16/h9-11H,5-7H2,1-4H3,(H,18,19). The van der Waals surface area contributed by atoms with Crippen molar-refractivity contribution in [3.8, 4) is 6.07 Å². The van der Waals surface area contributed by atoms with E-state index >= 15 is 0 Å². The molecule has 1 aliphatic carbocycles. The van der Waals surface area contributed by atoms with Crippen LogP contribution in [0.15, 0.2) is 0 Å². The van der Waals surface area contributed by atoms with Gasteiger partial charge in [0.1, 0.15) is 11.1 Å². The zero-order chi connectivity index (χ0) is 14.9. The average Bonchev–Trinajstić information content (AvgIpc) is 2.90. The van der Waals surface area contributed by atoms with Crippen LogP contribution >= 0.6 is 11.3 Å². The Morgan fingerprint density at radius 1 is 1.40 bits per heavy atom. The highest BCUT2D eigenvalue weighted by atomic mass is 32.1. The fraction of sp³-hybridized carbons (Fsp3) is 0.625. The van der Waals surface area contributed by atoms with E-state index in [1.54, 1.807) is 11.3 Å². The van der Waals surface area contributed by atoms with Crippen LogP contribution in [0.5, 0.6) is 0 Å². The van der Waals surface area contributed by atoms with Gasteiger partial charge < -0.3 is 5.32 Å². The molecule has 0 bridgehead atoms. The lowest BCUT2D eigenvalue weighted by molar-refractivity contribution is -0.120.